The van der Waals surface area contributed by atoms with Gasteiger partial charge in [-0.2, -0.15) is 0 Å². The van der Waals surface area contributed by atoms with Gasteiger partial charge in [0.2, 0.25) is 0 Å². The maximum absolute atomic E-state index is 12.4. The molecule has 0 radical (unpaired) electrons. The predicted octanol–water partition coefficient (Wildman–Crippen LogP) is 16.1. The van der Waals surface area contributed by atoms with Crippen molar-refractivity contribution in [1.82, 2.24) is 14.5 Å². The maximum atomic E-state index is 12.4. The minimum Gasteiger partial charge on any atom is -0.507 e. The van der Waals surface area contributed by atoms with Gasteiger partial charge in [0.05, 0.1) is 22.3 Å². The van der Waals surface area contributed by atoms with Crippen LogP contribution in [0, 0.1) is 13.0 Å². The van der Waals surface area contributed by atoms with Gasteiger partial charge in [-0.15, -0.1) is 29.3 Å². The van der Waals surface area contributed by atoms with E-state index in [9.17, 15) is 5.11 Å². The van der Waals surface area contributed by atoms with Crippen molar-refractivity contribution in [2.24, 2.45) is 0 Å². The number of pyridine rings is 1. The predicted molar refractivity (Wildman–Crippen MR) is 271 cm³/mol. The van der Waals surface area contributed by atoms with Crippen LogP contribution < -0.4 is 0 Å². The number of hydrogen-bond acceptors (Lipinski definition) is 3. The number of hydrogen-bond donors (Lipinski definition) is 1. The number of aromatic nitrogens is 3. The Balaban J connectivity index is 0.00000800. The standard InChI is InChI=1S/C60H64N3O.Pt/c1-14-60(12,13)45-27-28-52(48(37-45)40-19-16-15-17-20-40)63-53-22-18-21-47(54(53)62-56(63)49-31-38(2)32-50(55(49)64)59(9,10)11)42-33-43(35-46(34-42)58(6,7)8)51-36-41(29-30-61-51)39-23-25-44(26-24-39)57(3,4)5;/h15-32,34-37,64H,14H2,1-13H3;/q-1;/i3D3,4D3,5D3;. The Hall–Kier alpha value is -5.57. The smallest absolute Gasteiger partial charge is 0.148 e. The number of benzene rings is 6. The SMILES string of the molecule is [2H]C([2H])([2H])C(c1ccc(-c2ccnc(-c3[c-]c(-c4cccc5c4nc(-c4cc(C)cc(C(C)(C)C)c4O)n5-c4ccc(C(C)(C)CC)cc4-c4ccccc4)cc(C(C)(C)C)c3)c2)cc1)(C([2H])([2H])[2H])C([2H])([2H])[2H].[Pt]. The fraction of sp³-hybridized carbons (Fsp3) is 0.300. The molecule has 2 aromatic heterocycles. The fourth-order valence-corrected chi connectivity index (χ4v) is 8.42. The minimum absolute atomic E-state index is 0. The summed E-state index contributed by atoms with van der Waals surface area (Å²) in [5, 5.41) is 12.4. The van der Waals surface area contributed by atoms with Crippen molar-refractivity contribution < 1.29 is 38.5 Å². The van der Waals surface area contributed by atoms with Crippen LogP contribution in [0.4, 0.5) is 0 Å². The zero-order chi connectivity index (χ0) is 53.4. The average Bonchev–Trinajstić information content (AvgIpc) is 3.70. The van der Waals surface area contributed by atoms with Crippen LogP contribution in [-0.4, -0.2) is 19.6 Å². The van der Waals surface area contributed by atoms with Gasteiger partial charge in [-0.05, 0) is 98.7 Å². The molecular formula is C60H64N3OPt-. The van der Waals surface area contributed by atoms with E-state index in [1.165, 1.54) is 17.7 Å². The van der Waals surface area contributed by atoms with E-state index in [1.807, 2.05) is 37.3 Å². The van der Waals surface area contributed by atoms with Crippen LogP contribution in [0.3, 0.4) is 0 Å². The number of para-hydroxylation sites is 1. The van der Waals surface area contributed by atoms with E-state index in [0.717, 1.165) is 56.6 Å². The first-order chi connectivity index (χ1) is 33.9. The Bertz CT molecular complexity index is 3320. The van der Waals surface area contributed by atoms with Crippen molar-refractivity contribution in [2.75, 3.05) is 0 Å². The number of aromatic hydroxyl groups is 1. The van der Waals surface area contributed by atoms with Gasteiger partial charge < -0.3 is 5.11 Å². The number of rotatable bonds is 8. The summed E-state index contributed by atoms with van der Waals surface area (Å²) < 4.78 is 76.0. The van der Waals surface area contributed by atoms with Gasteiger partial charge in [-0.1, -0.05) is 179 Å². The van der Waals surface area contributed by atoms with Crippen molar-refractivity contribution in [2.45, 2.75) is 118 Å². The topological polar surface area (TPSA) is 50.9 Å². The molecule has 5 heteroatoms. The summed E-state index contributed by atoms with van der Waals surface area (Å²) in [5.74, 6) is 0.770. The Morgan fingerprint density at radius 1 is 0.615 bits per heavy atom. The maximum Gasteiger partial charge on any atom is 0.148 e. The first kappa shape index (κ1) is 36.6. The van der Waals surface area contributed by atoms with Crippen LogP contribution in [0.1, 0.15) is 129 Å². The molecule has 0 aliphatic heterocycles. The van der Waals surface area contributed by atoms with E-state index in [-0.39, 0.29) is 48.6 Å². The van der Waals surface area contributed by atoms with E-state index in [2.05, 4.69) is 140 Å². The molecule has 0 spiro atoms. The molecule has 8 rings (SSSR count). The molecule has 0 amide bonds. The number of phenolic OH excluding ortho intramolecular Hbond substituents is 1. The summed E-state index contributed by atoms with van der Waals surface area (Å²) in [7, 11) is 0. The number of imidazole rings is 1. The van der Waals surface area contributed by atoms with Gasteiger partial charge in [0, 0.05) is 56.4 Å². The molecule has 8 aromatic rings. The molecule has 0 saturated heterocycles. The Kier molecular flexibility index (Phi) is 9.96. The van der Waals surface area contributed by atoms with Crippen LogP contribution >= 0.6 is 0 Å². The van der Waals surface area contributed by atoms with Crippen molar-refractivity contribution in [1.29, 1.82) is 0 Å². The van der Waals surface area contributed by atoms with Crippen molar-refractivity contribution in [3.05, 3.63) is 167 Å². The van der Waals surface area contributed by atoms with Crippen molar-refractivity contribution >= 4 is 11.0 Å². The van der Waals surface area contributed by atoms with Gasteiger partial charge in [0.15, 0.2) is 0 Å². The number of fused-ring (bicyclic) bond motifs is 1. The number of aryl methyl sites for hydroxylation is 1. The van der Waals surface area contributed by atoms with Crippen LogP contribution in [0.5, 0.6) is 5.75 Å². The summed E-state index contributed by atoms with van der Waals surface area (Å²) in [6.07, 6.45) is 2.62. The van der Waals surface area contributed by atoms with Gasteiger partial charge in [-0.25, -0.2) is 4.98 Å². The molecule has 336 valence electrons. The molecule has 0 unspecified atom stereocenters. The number of nitrogens with zero attached hydrogens (tertiary/aromatic N) is 3. The second-order valence-corrected chi connectivity index (χ2v) is 19.9. The molecule has 0 aliphatic carbocycles. The van der Waals surface area contributed by atoms with Crippen LogP contribution in [0.25, 0.3) is 72.7 Å². The van der Waals surface area contributed by atoms with Crippen molar-refractivity contribution in [3.63, 3.8) is 0 Å². The summed E-state index contributed by atoms with van der Waals surface area (Å²) in [4.78, 5) is 10.4. The normalized spacial score (nSPS) is 15.0. The summed E-state index contributed by atoms with van der Waals surface area (Å²) in [6.45, 7) is 11.4. The van der Waals surface area contributed by atoms with Gasteiger partial charge >= 0.3 is 0 Å². The Labute approximate surface area is 415 Å². The zero-order valence-electron chi connectivity index (χ0n) is 48.0. The van der Waals surface area contributed by atoms with Gasteiger partial charge in [-0.3, -0.25) is 9.55 Å². The monoisotopic (exact) mass is 1050 g/mol. The number of phenols is 1. The third-order valence-electron chi connectivity index (χ3n) is 12.7. The molecule has 6 aromatic carbocycles. The van der Waals surface area contributed by atoms with E-state index in [4.69, 9.17) is 22.3 Å². The van der Waals surface area contributed by atoms with E-state index >= 15 is 0 Å². The Morgan fingerprint density at radius 3 is 1.97 bits per heavy atom. The molecule has 0 aliphatic rings. The first-order valence-corrected chi connectivity index (χ1v) is 22.1. The molecule has 0 bridgehead atoms. The molecule has 0 atom stereocenters. The largest absolute Gasteiger partial charge is 0.507 e. The summed E-state index contributed by atoms with van der Waals surface area (Å²) >= 11 is 0. The third kappa shape index (κ3) is 9.43. The minimum atomic E-state index is -3.37. The van der Waals surface area contributed by atoms with E-state index in [0.29, 0.717) is 39.3 Å². The second-order valence-electron chi connectivity index (χ2n) is 19.9. The summed E-state index contributed by atoms with van der Waals surface area (Å²) in [6, 6.07) is 44.6. The summed E-state index contributed by atoms with van der Waals surface area (Å²) in [5.41, 5.74) is 9.21. The average molecular weight is 1050 g/mol. The molecule has 65 heavy (non-hydrogen) atoms. The van der Waals surface area contributed by atoms with Crippen LogP contribution in [0.15, 0.2) is 134 Å². The Morgan fingerprint density at radius 2 is 1.31 bits per heavy atom. The molecular weight excluding hydrogens is 974 g/mol. The molecule has 2 heterocycles. The molecule has 0 fully saturated rings. The van der Waals surface area contributed by atoms with E-state index < -0.39 is 26.0 Å². The zero-order valence-corrected chi connectivity index (χ0v) is 41.3. The third-order valence-corrected chi connectivity index (χ3v) is 12.7. The quantitative estimate of drug-likeness (QED) is 0.154. The molecule has 4 nitrogen and oxygen atoms in total. The first-order valence-electron chi connectivity index (χ1n) is 26.6. The van der Waals surface area contributed by atoms with Gasteiger partial charge in [0.1, 0.15) is 11.6 Å². The second kappa shape index (κ2) is 17.7. The fourth-order valence-electron chi connectivity index (χ4n) is 8.42. The van der Waals surface area contributed by atoms with E-state index in [1.54, 1.807) is 24.4 Å². The van der Waals surface area contributed by atoms with Gasteiger partial charge in [0.25, 0.3) is 0 Å². The van der Waals surface area contributed by atoms with Crippen molar-refractivity contribution in [3.8, 4) is 67.5 Å². The molecule has 1 N–H and O–H groups in total. The van der Waals surface area contributed by atoms with Crippen LogP contribution in [-0.2, 0) is 42.7 Å². The molecule has 0 saturated carbocycles. The van der Waals surface area contributed by atoms with Crippen LogP contribution in [0.2, 0.25) is 0 Å².